The minimum atomic E-state index is -0.562. The molecule has 130 valence electrons. The van der Waals surface area contributed by atoms with E-state index in [9.17, 15) is 13.6 Å². The van der Waals surface area contributed by atoms with Crippen molar-refractivity contribution in [3.8, 4) is 11.4 Å². The average Bonchev–Trinajstić information content (AvgIpc) is 3.27. The zero-order valence-corrected chi connectivity index (χ0v) is 13.9. The molecule has 0 unspecified atom stereocenters. The van der Waals surface area contributed by atoms with Gasteiger partial charge < -0.3 is 9.26 Å². The van der Waals surface area contributed by atoms with Gasteiger partial charge in [-0.15, -0.1) is 11.3 Å². The lowest BCUT2D eigenvalue weighted by Gasteiger charge is -1.98. The Morgan fingerprint density at radius 3 is 2.65 bits per heavy atom. The molecule has 0 saturated carbocycles. The molecule has 4 aromatic rings. The molecule has 2 heterocycles. The Balaban J connectivity index is 1.44. The summed E-state index contributed by atoms with van der Waals surface area (Å²) in [6, 6.07) is 11.5. The van der Waals surface area contributed by atoms with Crippen LogP contribution in [-0.2, 0) is 11.3 Å². The maximum atomic E-state index is 13.2. The number of rotatable bonds is 4. The van der Waals surface area contributed by atoms with Crippen LogP contribution in [-0.4, -0.2) is 16.1 Å². The highest BCUT2D eigenvalue weighted by Crippen LogP contribution is 2.27. The van der Waals surface area contributed by atoms with E-state index in [-0.39, 0.29) is 30.0 Å². The molecule has 4 rings (SSSR count). The molecule has 0 N–H and O–H groups in total. The summed E-state index contributed by atoms with van der Waals surface area (Å²) in [4.78, 5) is 16.6. The SMILES string of the molecule is O=C(OCc1nc(-c2ccc(F)cc2)no1)c1cc2cc(F)ccc2s1. The van der Waals surface area contributed by atoms with Crippen LogP contribution in [0.1, 0.15) is 15.6 Å². The quantitative estimate of drug-likeness (QED) is 0.490. The molecule has 0 saturated heterocycles. The van der Waals surface area contributed by atoms with E-state index < -0.39 is 5.97 Å². The molecular weight excluding hydrogens is 362 g/mol. The van der Waals surface area contributed by atoms with Crippen LogP contribution in [0.25, 0.3) is 21.5 Å². The van der Waals surface area contributed by atoms with Gasteiger partial charge in [-0.3, -0.25) is 0 Å². The van der Waals surface area contributed by atoms with E-state index in [1.54, 1.807) is 12.1 Å². The topological polar surface area (TPSA) is 65.2 Å². The van der Waals surface area contributed by atoms with Crippen LogP contribution in [0.3, 0.4) is 0 Å². The molecule has 2 aromatic heterocycles. The smallest absolute Gasteiger partial charge is 0.348 e. The van der Waals surface area contributed by atoms with Crippen molar-refractivity contribution in [2.45, 2.75) is 6.61 Å². The third kappa shape index (κ3) is 3.31. The monoisotopic (exact) mass is 372 g/mol. The molecule has 26 heavy (non-hydrogen) atoms. The third-order valence-corrected chi connectivity index (χ3v) is 4.67. The molecule has 0 radical (unpaired) electrons. The van der Waals surface area contributed by atoms with Crippen molar-refractivity contribution in [1.29, 1.82) is 0 Å². The second kappa shape index (κ2) is 6.64. The number of fused-ring (bicyclic) bond motifs is 1. The fourth-order valence-corrected chi connectivity index (χ4v) is 3.28. The van der Waals surface area contributed by atoms with Gasteiger partial charge in [-0.05, 0) is 53.9 Å². The Hall–Kier alpha value is -3.13. The van der Waals surface area contributed by atoms with Crippen LogP contribution in [0.2, 0.25) is 0 Å². The Labute approximate surface area is 149 Å². The van der Waals surface area contributed by atoms with E-state index in [1.165, 1.54) is 47.7 Å². The van der Waals surface area contributed by atoms with Gasteiger partial charge in [0.2, 0.25) is 5.82 Å². The van der Waals surface area contributed by atoms with Crippen molar-refractivity contribution < 1.29 is 22.8 Å². The summed E-state index contributed by atoms with van der Waals surface area (Å²) in [6.07, 6.45) is 0. The number of halogens is 2. The standard InChI is InChI=1S/C18H10F2N2O3S/c19-12-3-1-10(2-4-12)17-21-16(25-22-17)9-24-18(23)15-8-11-7-13(20)5-6-14(11)26-15/h1-8H,9H2. The predicted octanol–water partition coefficient (Wildman–Crippen LogP) is 4.59. The van der Waals surface area contributed by atoms with Gasteiger partial charge >= 0.3 is 5.97 Å². The van der Waals surface area contributed by atoms with Gasteiger partial charge in [-0.2, -0.15) is 4.98 Å². The Morgan fingerprint density at radius 2 is 1.85 bits per heavy atom. The number of nitrogens with zero attached hydrogens (tertiary/aromatic N) is 2. The van der Waals surface area contributed by atoms with E-state index in [2.05, 4.69) is 10.1 Å². The minimum Gasteiger partial charge on any atom is -0.451 e. The van der Waals surface area contributed by atoms with Gasteiger partial charge in [0.25, 0.3) is 5.89 Å². The number of carbonyl (C=O) groups excluding carboxylic acids is 1. The highest BCUT2D eigenvalue weighted by atomic mass is 32.1. The van der Waals surface area contributed by atoms with Crippen LogP contribution < -0.4 is 0 Å². The first-order valence-corrected chi connectivity index (χ1v) is 8.35. The average molecular weight is 372 g/mol. The van der Waals surface area contributed by atoms with Crippen molar-refractivity contribution in [3.05, 3.63) is 70.9 Å². The normalized spacial score (nSPS) is 11.0. The highest BCUT2D eigenvalue weighted by Gasteiger charge is 2.15. The number of esters is 1. The van der Waals surface area contributed by atoms with Crippen LogP contribution in [0.4, 0.5) is 8.78 Å². The minimum absolute atomic E-state index is 0.116. The molecule has 0 bridgehead atoms. The second-order valence-electron chi connectivity index (χ2n) is 5.39. The first-order chi connectivity index (χ1) is 12.6. The summed E-state index contributed by atoms with van der Waals surface area (Å²) in [7, 11) is 0. The Kier molecular flexibility index (Phi) is 4.18. The van der Waals surface area contributed by atoms with Crippen LogP contribution in [0.5, 0.6) is 0 Å². The zero-order chi connectivity index (χ0) is 18.1. The van der Waals surface area contributed by atoms with Gasteiger partial charge in [-0.1, -0.05) is 5.16 Å². The molecule has 0 aliphatic rings. The molecule has 0 spiro atoms. The number of ether oxygens (including phenoxy) is 1. The lowest BCUT2D eigenvalue weighted by atomic mass is 10.2. The highest BCUT2D eigenvalue weighted by molar-refractivity contribution is 7.20. The van der Waals surface area contributed by atoms with E-state index in [0.29, 0.717) is 15.8 Å². The van der Waals surface area contributed by atoms with E-state index in [4.69, 9.17) is 9.26 Å². The van der Waals surface area contributed by atoms with Gasteiger partial charge in [0.15, 0.2) is 6.61 Å². The van der Waals surface area contributed by atoms with Crippen LogP contribution >= 0.6 is 11.3 Å². The Morgan fingerprint density at radius 1 is 1.08 bits per heavy atom. The summed E-state index contributed by atoms with van der Waals surface area (Å²) in [5.74, 6) is -0.907. The van der Waals surface area contributed by atoms with Crippen molar-refractivity contribution >= 4 is 27.4 Å². The lowest BCUT2D eigenvalue weighted by Crippen LogP contribution is -2.03. The largest absolute Gasteiger partial charge is 0.451 e. The summed E-state index contributed by atoms with van der Waals surface area (Å²) in [6.45, 7) is -0.199. The van der Waals surface area contributed by atoms with Crippen molar-refractivity contribution in [2.75, 3.05) is 0 Å². The van der Waals surface area contributed by atoms with Crippen LogP contribution in [0, 0.1) is 11.6 Å². The fraction of sp³-hybridized carbons (Fsp3) is 0.0556. The molecule has 8 heteroatoms. The van der Waals surface area contributed by atoms with Gasteiger partial charge in [-0.25, -0.2) is 13.6 Å². The number of thiophene rings is 1. The molecular formula is C18H10F2N2O3S. The number of carbonyl (C=O) groups is 1. The van der Waals surface area contributed by atoms with E-state index in [1.807, 2.05) is 0 Å². The molecule has 5 nitrogen and oxygen atoms in total. The number of hydrogen-bond acceptors (Lipinski definition) is 6. The van der Waals surface area contributed by atoms with Gasteiger partial charge in [0, 0.05) is 10.3 Å². The number of benzene rings is 2. The molecule has 2 aromatic carbocycles. The molecule has 0 fully saturated rings. The number of hydrogen-bond donors (Lipinski definition) is 0. The zero-order valence-electron chi connectivity index (χ0n) is 13.1. The molecule has 0 amide bonds. The maximum Gasteiger partial charge on any atom is 0.348 e. The molecule has 0 aliphatic carbocycles. The molecule has 0 aliphatic heterocycles. The summed E-state index contributed by atoms with van der Waals surface area (Å²) >= 11 is 1.21. The van der Waals surface area contributed by atoms with Crippen LogP contribution in [0.15, 0.2) is 53.1 Å². The van der Waals surface area contributed by atoms with E-state index >= 15 is 0 Å². The lowest BCUT2D eigenvalue weighted by molar-refractivity contribution is 0.0435. The van der Waals surface area contributed by atoms with E-state index in [0.717, 1.165) is 4.70 Å². The van der Waals surface area contributed by atoms with Gasteiger partial charge in [0.05, 0.1) is 0 Å². The first kappa shape index (κ1) is 16.3. The second-order valence-corrected chi connectivity index (χ2v) is 6.47. The summed E-state index contributed by atoms with van der Waals surface area (Å²) in [5, 5.41) is 4.41. The third-order valence-electron chi connectivity index (χ3n) is 3.58. The summed E-state index contributed by atoms with van der Waals surface area (Å²) in [5.41, 5.74) is 0.583. The number of aromatic nitrogens is 2. The fourth-order valence-electron chi connectivity index (χ4n) is 2.34. The van der Waals surface area contributed by atoms with Gasteiger partial charge in [0.1, 0.15) is 16.5 Å². The molecule has 0 atom stereocenters. The predicted molar refractivity (Wildman–Crippen MR) is 90.6 cm³/mol. The maximum absolute atomic E-state index is 13.2. The van der Waals surface area contributed by atoms with Crippen molar-refractivity contribution in [2.24, 2.45) is 0 Å². The first-order valence-electron chi connectivity index (χ1n) is 7.53. The summed E-state index contributed by atoms with van der Waals surface area (Å²) < 4.78 is 37.1. The Bertz CT molecular complexity index is 1090. The van der Waals surface area contributed by atoms with Crippen molar-refractivity contribution in [3.63, 3.8) is 0 Å². The van der Waals surface area contributed by atoms with Crippen molar-refractivity contribution in [1.82, 2.24) is 10.1 Å².